The number of unbranched alkanes of at least 4 members (excludes halogenated alkanes) is 1. The third kappa shape index (κ3) is 9.89. The van der Waals surface area contributed by atoms with Crippen molar-refractivity contribution in [2.24, 2.45) is 11.8 Å². The summed E-state index contributed by atoms with van der Waals surface area (Å²) in [5, 5.41) is 0. The molecular formula is C31H48O4. The quantitative estimate of drug-likeness (QED) is 0.196. The highest BCUT2D eigenvalue weighted by molar-refractivity contribution is 5.94. The van der Waals surface area contributed by atoms with E-state index in [2.05, 4.69) is 6.92 Å². The Morgan fingerprint density at radius 3 is 2.11 bits per heavy atom. The van der Waals surface area contributed by atoms with Crippen molar-refractivity contribution < 1.29 is 19.0 Å². The maximum atomic E-state index is 12.7. The zero-order valence-corrected chi connectivity index (χ0v) is 22.3. The van der Waals surface area contributed by atoms with Gasteiger partial charge in [-0.2, -0.15) is 0 Å². The van der Waals surface area contributed by atoms with Crippen LogP contribution in [-0.4, -0.2) is 25.8 Å². The van der Waals surface area contributed by atoms with E-state index in [1.54, 1.807) is 0 Å². The van der Waals surface area contributed by atoms with E-state index in [0.29, 0.717) is 18.6 Å². The number of ether oxygens (including phenoxy) is 3. The van der Waals surface area contributed by atoms with Crippen LogP contribution in [0.25, 0.3) is 6.08 Å². The van der Waals surface area contributed by atoms with E-state index >= 15 is 0 Å². The maximum Gasteiger partial charge on any atom is 0.334 e. The molecule has 0 amide bonds. The number of benzene rings is 1. The summed E-state index contributed by atoms with van der Waals surface area (Å²) in [5.74, 6) is 3.04. The lowest BCUT2D eigenvalue weighted by atomic mass is 9.87. The number of rotatable bonds is 14. The molecule has 0 N–H and O–H groups in total. The Morgan fingerprint density at radius 1 is 0.886 bits per heavy atom. The van der Waals surface area contributed by atoms with Crippen molar-refractivity contribution >= 4 is 12.0 Å². The fourth-order valence-corrected chi connectivity index (χ4v) is 5.50. The van der Waals surface area contributed by atoms with E-state index in [1.807, 2.05) is 31.2 Å². The van der Waals surface area contributed by atoms with Gasteiger partial charge in [-0.05, 0) is 68.7 Å². The summed E-state index contributed by atoms with van der Waals surface area (Å²) in [4.78, 5) is 12.7. The molecule has 2 aliphatic rings. The number of esters is 1. The smallest absolute Gasteiger partial charge is 0.334 e. The highest BCUT2D eigenvalue weighted by Crippen LogP contribution is 2.31. The Labute approximate surface area is 213 Å². The Kier molecular flexibility index (Phi) is 12.6. The molecule has 0 spiro atoms. The fraction of sp³-hybridized carbons (Fsp3) is 0.710. The molecule has 196 valence electrons. The molecule has 0 radical (unpaired) electrons. The van der Waals surface area contributed by atoms with Crippen molar-refractivity contribution in [2.75, 3.05) is 19.8 Å². The summed E-state index contributed by atoms with van der Waals surface area (Å²) in [6.45, 7) is 5.85. The molecular weight excluding hydrogens is 436 g/mol. The average molecular weight is 485 g/mol. The van der Waals surface area contributed by atoms with E-state index in [0.717, 1.165) is 67.8 Å². The Balaban J connectivity index is 1.70. The maximum absolute atomic E-state index is 12.7. The normalized spacial score (nSPS) is 17.8. The van der Waals surface area contributed by atoms with Crippen molar-refractivity contribution in [3.63, 3.8) is 0 Å². The van der Waals surface area contributed by atoms with Crippen LogP contribution in [0.5, 0.6) is 11.5 Å². The number of carbonyl (C=O) groups excluding carboxylic acids is 1. The molecule has 0 heterocycles. The van der Waals surface area contributed by atoms with E-state index in [1.165, 1.54) is 64.2 Å². The largest absolute Gasteiger partial charge is 0.494 e. The zero-order valence-electron chi connectivity index (χ0n) is 22.3. The van der Waals surface area contributed by atoms with E-state index in [4.69, 9.17) is 14.2 Å². The van der Waals surface area contributed by atoms with Crippen LogP contribution in [-0.2, 0) is 9.53 Å². The lowest BCUT2D eigenvalue weighted by molar-refractivity contribution is -0.138. The second-order valence-corrected chi connectivity index (χ2v) is 10.5. The zero-order chi connectivity index (χ0) is 24.7. The van der Waals surface area contributed by atoms with Crippen molar-refractivity contribution in [3.05, 3.63) is 29.3 Å². The van der Waals surface area contributed by atoms with Gasteiger partial charge in [-0.1, -0.05) is 77.6 Å². The van der Waals surface area contributed by atoms with Gasteiger partial charge in [0.15, 0.2) is 0 Å². The first-order chi connectivity index (χ1) is 17.2. The fourth-order valence-electron chi connectivity index (χ4n) is 5.50. The SMILES string of the molecule is CCCC/C(=C\c1cc(OCCC2CCCCC2)ccc1OCCC1CCCCC1)C(=O)OCC. The molecule has 0 unspecified atom stereocenters. The second-order valence-electron chi connectivity index (χ2n) is 10.5. The Morgan fingerprint density at radius 2 is 1.51 bits per heavy atom. The van der Waals surface area contributed by atoms with E-state index < -0.39 is 0 Å². The van der Waals surface area contributed by atoms with Crippen LogP contribution in [0.1, 0.15) is 116 Å². The average Bonchev–Trinajstić information content (AvgIpc) is 2.89. The molecule has 2 saturated carbocycles. The van der Waals surface area contributed by atoms with Crippen LogP contribution < -0.4 is 9.47 Å². The van der Waals surface area contributed by atoms with Crippen LogP contribution >= 0.6 is 0 Å². The molecule has 4 nitrogen and oxygen atoms in total. The molecule has 1 aromatic rings. The van der Waals surface area contributed by atoms with Gasteiger partial charge in [0, 0.05) is 11.1 Å². The molecule has 4 heteroatoms. The minimum absolute atomic E-state index is 0.224. The van der Waals surface area contributed by atoms with Crippen LogP contribution in [0.15, 0.2) is 23.8 Å². The van der Waals surface area contributed by atoms with Crippen LogP contribution in [0, 0.1) is 11.8 Å². The minimum Gasteiger partial charge on any atom is -0.494 e. The highest BCUT2D eigenvalue weighted by Gasteiger charge is 2.16. The van der Waals surface area contributed by atoms with Gasteiger partial charge in [0.25, 0.3) is 0 Å². The minimum atomic E-state index is -0.224. The standard InChI is InChI=1S/C31H48O4/c1-3-5-16-27(31(32)33-4-2)23-28-24-29(34-21-19-25-12-8-6-9-13-25)17-18-30(28)35-22-20-26-14-10-7-11-15-26/h17-18,23-26H,3-16,19-22H2,1-2H3/b27-23+. The molecule has 0 bridgehead atoms. The van der Waals surface area contributed by atoms with Gasteiger partial charge in [-0.15, -0.1) is 0 Å². The molecule has 1 aromatic carbocycles. The second kappa shape index (κ2) is 15.9. The third-order valence-corrected chi connectivity index (χ3v) is 7.68. The van der Waals surface area contributed by atoms with Crippen LogP contribution in [0.2, 0.25) is 0 Å². The summed E-state index contributed by atoms with van der Waals surface area (Å²) < 4.78 is 17.8. The Hall–Kier alpha value is -1.97. The molecule has 35 heavy (non-hydrogen) atoms. The van der Waals surface area contributed by atoms with Crippen molar-refractivity contribution in [3.8, 4) is 11.5 Å². The molecule has 0 aromatic heterocycles. The predicted molar refractivity (Wildman–Crippen MR) is 144 cm³/mol. The van der Waals surface area contributed by atoms with Gasteiger partial charge >= 0.3 is 5.97 Å². The topological polar surface area (TPSA) is 44.8 Å². The summed E-state index contributed by atoms with van der Waals surface area (Å²) in [7, 11) is 0. The molecule has 3 rings (SSSR count). The van der Waals surface area contributed by atoms with Crippen LogP contribution in [0.4, 0.5) is 0 Å². The molecule has 0 aliphatic heterocycles. The number of hydrogen-bond acceptors (Lipinski definition) is 4. The molecule has 0 atom stereocenters. The van der Waals surface area contributed by atoms with Gasteiger partial charge in [-0.3, -0.25) is 0 Å². The van der Waals surface area contributed by atoms with E-state index in [9.17, 15) is 4.79 Å². The molecule has 2 fully saturated rings. The molecule has 0 saturated heterocycles. The summed E-state index contributed by atoms with van der Waals surface area (Å²) in [6.07, 6.45) is 20.4. The van der Waals surface area contributed by atoms with Gasteiger partial charge in [0.05, 0.1) is 19.8 Å². The monoisotopic (exact) mass is 484 g/mol. The summed E-state index contributed by atoms with van der Waals surface area (Å²) >= 11 is 0. The van der Waals surface area contributed by atoms with Crippen molar-refractivity contribution in [1.82, 2.24) is 0 Å². The van der Waals surface area contributed by atoms with Gasteiger partial charge in [0.2, 0.25) is 0 Å². The first kappa shape index (κ1) is 27.6. The van der Waals surface area contributed by atoms with Crippen molar-refractivity contribution in [1.29, 1.82) is 0 Å². The van der Waals surface area contributed by atoms with Gasteiger partial charge in [-0.25, -0.2) is 4.79 Å². The first-order valence-electron chi connectivity index (χ1n) is 14.5. The summed E-state index contributed by atoms with van der Waals surface area (Å²) in [5.41, 5.74) is 1.63. The lowest BCUT2D eigenvalue weighted by Crippen LogP contribution is -2.12. The summed E-state index contributed by atoms with van der Waals surface area (Å²) in [6, 6.07) is 6.08. The number of hydrogen-bond donors (Lipinski definition) is 0. The van der Waals surface area contributed by atoms with Gasteiger partial charge in [0.1, 0.15) is 11.5 Å². The Bertz CT molecular complexity index is 772. The van der Waals surface area contributed by atoms with Crippen LogP contribution in [0.3, 0.4) is 0 Å². The van der Waals surface area contributed by atoms with E-state index in [-0.39, 0.29) is 5.97 Å². The van der Waals surface area contributed by atoms with Crippen molar-refractivity contribution in [2.45, 2.75) is 110 Å². The highest BCUT2D eigenvalue weighted by atomic mass is 16.5. The number of carbonyl (C=O) groups is 1. The third-order valence-electron chi connectivity index (χ3n) is 7.68. The molecule has 2 aliphatic carbocycles. The van der Waals surface area contributed by atoms with Gasteiger partial charge < -0.3 is 14.2 Å². The predicted octanol–water partition coefficient (Wildman–Crippen LogP) is 8.52. The lowest BCUT2D eigenvalue weighted by Gasteiger charge is -2.22. The first-order valence-corrected chi connectivity index (χ1v) is 14.5.